The molecule has 2 atom stereocenters. The quantitative estimate of drug-likeness (QED) is 0.786. The van der Waals surface area contributed by atoms with Crippen LogP contribution >= 0.6 is 0 Å². The Hall–Kier alpha value is -2.19. The van der Waals surface area contributed by atoms with E-state index in [1.165, 1.54) is 10.9 Å². The zero-order valence-corrected chi connectivity index (χ0v) is 13.0. The van der Waals surface area contributed by atoms with Crippen molar-refractivity contribution < 1.29 is 26.9 Å². The molecular formula is C12H15FN4O5S. The fourth-order valence-corrected chi connectivity index (χ4v) is 2.73. The summed E-state index contributed by atoms with van der Waals surface area (Å²) < 4.78 is 42.1. The van der Waals surface area contributed by atoms with E-state index in [-0.39, 0.29) is 37.4 Å². The average Bonchev–Trinajstić information content (AvgIpc) is 2.86. The number of piperidine rings is 1. The molecule has 1 aromatic rings. The molecular weight excluding hydrogens is 331 g/mol. The fraction of sp³-hybridized carbons (Fsp3) is 0.583. The Balaban J connectivity index is 2.19. The Kier molecular flexibility index (Phi) is 4.86. The Morgan fingerprint density at radius 3 is 2.87 bits per heavy atom. The number of hydrogen-bond donors (Lipinski definition) is 1. The molecule has 23 heavy (non-hydrogen) atoms. The first-order valence-corrected chi connectivity index (χ1v) is 8.47. The summed E-state index contributed by atoms with van der Waals surface area (Å²) in [5.74, 6) is 0. The summed E-state index contributed by atoms with van der Waals surface area (Å²) in [6.45, 7) is -0.549. The molecule has 0 aliphatic carbocycles. The minimum Gasteiger partial charge on any atom is -0.465 e. The number of rotatable bonds is 4. The molecule has 126 valence electrons. The smallest absolute Gasteiger partial charge is 0.407 e. The first-order chi connectivity index (χ1) is 10.7. The van der Waals surface area contributed by atoms with Gasteiger partial charge in [0.25, 0.3) is 10.1 Å². The fourth-order valence-electron chi connectivity index (χ4n) is 2.39. The second-order valence-electron chi connectivity index (χ2n) is 5.14. The SMILES string of the molecule is CS(=O)(=O)OCc1cnn(C2CCN(C(=O)O)CC2F)c1C#N. The summed E-state index contributed by atoms with van der Waals surface area (Å²) in [5, 5.41) is 22.1. The lowest BCUT2D eigenvalue weighted by Gasteiger charge is -2.33. The first-order valence-electron chi connectivity index (χ1n) is 6.65. The molecule has 2 rings (SSSR count). The Bertz CT molecular complexity index is 741. The van der Waals surface area contributed by atoms with Gasteiger partial charge in [0.1, 0.15) is 17.9 Å². The first kappa shape index (κ1) is 17.2. The summed E-state index contributed by atoms with van der Waals surface area (Å²) in [6, 6.07) is 1.08. The van der Waals surface area contributed by atoms with Crippen LogP contribution in [-0.4, -0.2) is 59.8 Å². The van der Waals surface area contributed by atoms with Gasteiger partial charge < -0.3 is 10.0 Å². The van der Waals surface area contributed by atoms with Gasteiger partial charge in [-0.15, -0.1) is 0 Å². The maximum atomic E-state index is 14.2. The highest BCUT2D eigenvalue weighted by Crippen LogP contribution is 2.27. The number of aromatic nitrogens is 2. The van der Waals surface area contributed by atoms with Crippen LogP contribution in [0.25, 0.3) is 0 Å². The Morgan fingerprint density at radius 1 is 1.65 bits per heavy atom. The van der Waals surface area contributed by atoms with Crippen LogP contribution in [0.4, 0.5) is 9.18 Å². The third kappa shape index (κ3) is 3.96. The molecule has 0 radical (unpaired) electrons. The minimum atomic E-state index is -3.68. The van der Waals surface area contributed by atoms with Crippen molar-refractivity contribution in [1.82, 2.24) is 14.7 Å². The van der Waals surface area contributed by atoms with E-state index in [2.05, 4.69) is 9.28 Å². The van der Waals surface area contributed by atoms with Gasteiger partial charge in [-0.2, -0.15) is 18.8 Å². The standard InChI is InChI=1S/C12H15FN4O5S/c1-23(20,21)22-7-8-5-15-17(11(8)4-14)10-2-3-16(12(18)19)6-9(10)13/h5,9-10H,2-3,6-7H2,1H3,(H,18,19). The highest BCUT2D eigenvalue weighted by atomic mass is 32.2. The van der Waals surface area contributed by atoms with Crippen molar-refractivity contribution in [3.05, 3.63) is 17.5 Å². The topological polar surface area (TPSA) is 126 Å². The normalized spacial score (nSPS) is 21.9. The van der Waals surface area contributed by atoms with Crippen molar-refractivity contribution in [3.8, 4) is 6.07 Å². The van der Waals surface area contributed by atoms with Crippen LogP contribution in [-0.2, 0) is 20.9 Å². The molecule has 1 amide bonds. The van der Waals surface area contributed by atoms with Crippen molar-refractivity contribution in [3.63, 3.8) is 0 Å². The van der Waals surface area contributed by atoms with Crippen molar-refractivity contribution in [2.75, 3.05) is 19.3 Å². The number of hydrogen-bond acceptors (Lipinski definition) is 6. The molecule has 1 aliphatic rings. The Morgan fingerprint density at radius 2 is 2.35 bits per heavy atom. The van der Waals surface area contributed by atoms with Gasteiger partial charge in [-0.3, -0.25) is 4.18 Å². The Labute approximate surface area is 132 Å². The van der Waals surface area contributed by atoms with E-state index in [1.807, 2.05) is 6.07 Å². The van der Waals surface area contributed by atoms with Gasteiger partial charge in [-0.05, 0) is 6.42 Å². The van der Waals surface area contributed by atoms with Crippen molar-refractivity contribution in [2.45, 2.75) is 25.2 Å². The molecule has 1 N–H and O–H groups in total. The van der Waals surface area contributed by atoms with E-state index < -0.39 is 28.4 Å². The number of alkyl halides is 1. The van der Waals surface area contributed by atoms with E-state index in [0.29, 0.717) is 0 Å². The number of carbonyl (C=O) groups is 1. The third-order valence-corrected chi connectivity index (χ3v) is 4.04. The third-order valence-electron chi connectivity index (χ3n) is 3.50. The summed E-state index contributed by atoms with van der Waals surface area (Å²) in [6.07, 6.45) is -0.427. The molecule has 0 spiro atoms. The van der Waals surface area contributed by atoms with E-state index in [1.54, 1.807) is 0 Å². The second kappa shape index (κ2) is 6.51. The van der Waals surface area contributed by atoms with Crippen LogP contribution < -0.4 is 0 Å². The molecule has 1 fully saturated rings. The molecule has 2 heterocycles. The minimum absolute atomic E-state index is 0.00470. The number of nitrogens with zero attached hydrogens (tertiary/aromatic N) is 4. The van der Waals surface area contributed by atoms with Crippen LogP contribution in [0.3, 0.4) is 0 Å². The van der Waals surface area contributed by atoms with Gasteiger partial charge in [0.2, 0.25) is 0 Å². The van der Waals surface area contributed by atoms with Crippen LogP contribution in [0.5, 0.6) is 0 Å². The van der Waals surface area contributed by atoms with Gasteiger partial charge in [0, 0.05) is 12.1 Å². The number of carboxylic acid groups (broad SMARTS) is 1. The lowest BCUT2D eigenvalue weighted by atomic mass is 10.0. The van der Waals surface area contributed by atoms with Crippen LogP contribution in [0, 0.1) is 11.3 Å². The van der Waals surface area contributed by atoms with Gasteiger partial charge in [0.05, 0.1) is 31.6 Å². The van der Waals surface area contributed by atoms with E-state index >= 15 is 0 Å². The molecule has 9 nitrogen and oxygen atoms in total. The lowest BCUT2D eigenvalue weighted by molar-refractivity contribution is 0.0751. The summed E-state index contributed by atoms with van der Waals surface area (Å²) in [7, 11) is -3.68. The van der Waals surface area contributed by atoms with E-state index in [0.717, 1.165) is 11.2 Å². The molecule has 2 unspecified atom stereocenters. The predicted octanol–water partition coefficient (Wildman–Crippen LogP) is 0.494. The number of halogens is 1. The molecule has 1 saturated heterocycles. The highest BCUT2D eigenvalue weighted by Gasteiger charge is 2.34. The summed E-state index contributed by atoms with van der Waals surface area (Å²) >= 11 is 0. The van der Waals surface area contributed by atoms with Crippen LogP contribution in [0.15, 0.2) is 6.20 Å². The summed E-state index contributed by atoms with van der Waals surface area (Å²) in [4.78, 5) is 11.8. The number of nitriles is 1. The van der Waals surface area contributed by atoms with E-state index in [4.69, 9.17) is 5.11 Å². The number of amides is 1. The largest absolute Gasteiger partial charge is 0.465 e. The van der Waals surface area contributed by atoms with Gasteiger partial charge in [0.15, 0.2) is 0 Å². The maximum Gasteiger partial charge on any atom is 0.407 e. The van der Waals surface area contributed by atoms with Gasteiger partial charge in [-0.1, -0.05) is 0 Å². The molecule has 0 aromatic carbocycles. The van der Waals surface area contributed by atoms with Crippen LogP contribution in [0.2, 0.25) is 0 Å². The zero-order chi connectivity index (χ0) is 17.2. The van der Waals surface area contributed by atoms with Crippen LogP contribution in [0.1, 0.15) is 23.7 Å². The molecule has 11 heteroatoms. The second-order valence-corrected chi connectivity index (χ2v) is 6.79. The zero-order valence-electron chi connectivity index (χ0n) is 12.2. The summed E-state index contributed by atoms with van der Waals surface area (Å²) in [5.41, 5.74) is 0.232. The predicted molar refractivity (Wildman–Crippen MR) is 74.7 cm³/mol. The van der Waals surface area contributed by atoms with Gasteiger partial charge in [-0.25, -0.2) is 13.9 Å². The molecule has 1 aromatic heterocycles. The molecule has 0 bridgehead atoms. The van der Waals surface area contributed by atoms with Crippen molar-refractivity contribution in [2.24, 2.45) is 0 Å². The average molecular weight is 346 g/mol. The monoisotopic (exact) mass is 346 g/mol. The maximum absolute atomic E-state index is 14.2. The molecule has 1 aliphatic heterocycles. The lowest BCUT2D eigenvalue weighted by Crippen LogP contribution is -2.45. The molecule has 0 saturated carbocycles. The van der Waals surface area contributed by atoms with Crippen molar-refractivity contribution in [1.29, 1.82) is 5.26 Å². The highest BCUT2D eigenvalue weighted by molar-refractivity contribution is 7.85. The number of likely N-dealkylation sites (tertiary alicyclic amines) is 1. The van der Waals surface area contributed by atoms with Crippen molar-refractivity contribution >= 4 is 16.2 Å². The van der Waals surface area contributed by atoms with Gasteiger partial charge >= 0.3 is 6.09 Å². The van der Waals surface area contributed by atoms with E-state index in [9.17, 15) is 22.9 Å².